The van der Waals surface area contributed by atoms with Gasteiger partial charge in [-0.05, 0) is 26.7 Å². The Hall–Kier alpha value is -0.260. The lowest BCUT2D eigenvalue weighted by molar-refractivity contribution is 0.564. The van der Waals surface area contributed by atoms with Crippen LogP contribution in [-0.4, -0.2) is 0 Å². The summed E-state index contributed by atoms with van der Waals surface area (Å²) in [6, 6.07) is 0. The van der Waals surface area contributed by atoms with Crippen molar-refractivity contribution in [3.63, 3.8) is 0 Å². The fraction of sp³-hybridized carbons (Fsp3) is 0.867. The van der Waals surface area contributed by atoms with Gasteiger partial charge in [0.15, 0.2) is 0 Å². The van der Waals surface area contributed by atoms with Crippen molar-refractivity contribution in [2.45, 2.75) is 85.0 Å². The number of allylic oxidation sites excluding steroid dienone is 2. The van der Waals surface area contributed by atoms with Gasteiger partial charge in [-0.2, -0.15) is 0 Å². The summed E-state index contributed by atoms with van der Waals surface area (Å²) in [5.74, 6) is 0. The molecule has 0 atom stereocenters. The number of unbranched alkanes of at least 4 members (excludes halogenated alkanes) is 8. The fourth-order valence-electron chi connectivity index (χ4n) is 1.86. The van der Waals surface area contributed by atoms with Crippen molar-refractivity contribution in [3.05, 3.63) is 11.6 Å². The smallest absolute Gasteiger partial charge is 0.0323 e. The van der Waals surface area contributed by atoms with E-state index in [0.29, 0.717) is 0 Å². The standard InChI is InChI=1S/C15H30/c1-4-6-7-8-9-10-11-12-13-14-15(3)5-2/h5H,4,6-14H2,1-3H3/b15-5+. The maximum Gasteiger partial charge on any atom is -0.0323 e. The van der Waals surface area contributed by atoms with Crippen LogP contribution in [0.4, 0.5) is 0 Å². The first-order valence-electron chi connectivity index (χ1n) is 6.93. The molecule has 0 rings (SSSR count). The van der Waals surface area contributed by atoms with Crippen molar-refractivity contribution in [3.8, 4) is 0 Å². The first-order chi connectivity index (χ1) is 7.31. The zero-order chi connectivity index (χ0) is 11.4. The third-order valence-corrected chi connectivity index (χ3v) is 3.17. The molecule has 0 aromatic rings. The van der Waals surface area contributed by atoms with Crippen LogP contribution in [-0.2, 0) is 0 Å². The monoisotopic (exact) mass is 210 g/mol. The van der Waals surface area contributed by atoms with Gasteiger partial charge >= 0.3 is 0 Å². The second kappa shape index (κ2) is 11.8. The van der Waals surface area contributed by atoms with E-state index in [1.165, 1.54) is 64.2 Å². The van der Waals surface area contributed by atoms with Crippen LogP contribution in [0.1, 0.15) is 85.0 Å². The summed E-state index contributed by atoms with van der Waals surface area (Å²) in [4.78, 5) is 0. The molecule has 0 aromatic carbocycles. The quantitative estimate of drug-likeness (QED) is 0.312. The highest BCUT2D eigenvalue weighted by atomic mass is 14.0. The van der Waals surface area contributed by atoms with Gasteiger partial charge in [0.2, 0.25) is 0 Å². The molecule has 0 bridgehead atoms. The van der Waals surface area contributed by atoms with Crippen LogP contribution in [0.3, 0.4) is 0 Å². The third kappa shape index (κ3) is 11.7. The van der Waals surface area contributed by atoms with Crippen molar-refractivity contribution in [1.82, 2.24) is 0 Å². The third-order valence-electron chi connectivity index (χ3n) is 3.17. The summed E-state index contributed by atoms with van der Waals surface area (Å²) in [6.07, 6.45) is 16.4. The Bertz CT molecular complexity index is 144. The van der Waals surface area contributed by atoms with Crippen LogP contribution in [0, 0.1) is 0 Å². The lowest BCUT2D eigenvalue weighted by Gasteiger charge is -2.02. The van der Waals surface area contributed by atoms with Crippen LogP contribution in [0.25, 0.3) is 0 Å². The van der Waals surface area contributed by atoms with Crippen LogP contribution in [0.2, 0.25) is 0 Å². The van der Waals surface area contributed by atoms with E-state index < -0.39 is 0 Å². The normalized spacial score (nSPS) is 12.1. The molecule has 0 radical (unpaired) electrons. The van der Waals surface area contributed by atoms with Gasteiger partial charge in [-0.3, -0.25) is 0 Å². The van der Waals surface area contributed by atoms with Gasteiger partial charge in [0.1, 0.15) is 0 Å². The largest absolute Gasteiger partial charge is 0.0887 e. The van der Waals surface area contributed by atoms with Crippen molar-refractivity contribution in [2.75, 3.05) is 0 Å². The molecule has 0 N–H and O–H groups in total. The molecule has 0 aliphatic carbocycles. The number of hydrogen-bond donors (Lipinski definition) is 0. The molecule has 0 fully saturated rings. The zero-order valence-electron chi connectivity index (χ0n) is 11.1. The SMILES string of the molecule is C/C=C(\C)CCCCCCCCCCC. The molecule has 0 heteroatoms. The van der Waals surface area contributed by atoms with Crippen molar-refractivity contribution in [1.29, 1.82) is 0 Å². The lowest BCUT2D eigenvalue weighted by Crippen LogP contribution is -1.82. The Morgan fingerprint density at radius 2 is 1.27 bits per heavy atom. The summed E-state index contributed by atoms with van der Waals surface area (Å²) >= 11 is 0. The highest BCUT2D eigenvalue weighted by Gasteiger charge is 1.92. The summed E-state index contributed by atoms with van der Waals surface area (Å²) in [7, 11) is 0. The average molecular weight is 210 g/mol. The molecule has 0 saturated carbocycles. The van der Waals surface area contributed by atoms with Gasteiger partial charge in [0.05, 0.1) is 0 Å². The van der Waals surface area contributed by atoms with E-state index in [1.807, 2.05) is 0 Å². The fourth-order valence-corrected chi connectivity index (χ4v) is 1.86. The molecule has 0 unspecified atom stereocenters. The summed E-state index contributed by atoms with van der Waals surface area (Å²) in [5.41, 5.74) is 1.55. The molecule has 0 nitrogen and oxygen atoms in total. The second-order valence-electron chi connectivity index (χ2n) is 4.71. The number of hydrogen-bond acceptors (Lipinski definition) is 0. The minimum absolute atomic E-state index is 1.31. The summed E-state index contributed by atoms with van der Waals surface area (Å²) < 4.78 is 0. The van der Waals surface area contributed by atoms with E-state index in [2.05, 4.69) is 26.8 Å². The Kier molecular flexibility index (Phi) is 11.6. The molecule has 0 saturated heterocycles. The first-order valence-corrected chi connectivity index (χ1v) is 6.93. The van der Waals surface area contributed by atoms with Gasteiger partial charge in [-0.15, -0.1) is 0 Å². The van der Waals surface area contributed by atoms with Gasteiger partial charge in [-0.1, -0.05) is 69.9 Å². The molecule has 0 aliphatic heterocycles. The molecular formula is C15H30. The zero-order valence-corrected chi connectivity index (χ0v) is 11.1. The maximum atomic E-state index is 2.28. The van der Waals surface area contributed by atoms with Gasteiger partial charge in [0.25, 0.3) is 0 Å². The van der Waals surface area contributed by atoms with Crippen molar-refractivity contribution in [2.24, 2.45) is 0 Å². The van der Waals surface area contributed by atoms with Gasteiger partial charge < -0.3 is 0 Å². The predicted molar refractivity (Wildman–Crippen MR) is 71.3 cm³/mol. The van der Waals surface area contributed by atoms with Crippen LogP contribution >= 0.6 is 0 Å². The van der Waals surface area contributed by atoms with Crippen LogP contribution in [0.5, 0.6) is 0 Å². The molecule has 0 heterocycles. The summed E-state index contributed by atoms with van der Waals surface area (Å²) in [6.45, 7) is 6.66. The Balaban J connectivity index is 2.99. The highest BCUT2D eigenvalue weighted by Crippen LogP contribution is 2.12. The van der Waals surface area contributed by atoms with E-state index in [1.54, 1.807) is 5.57 Å². The van der Waals surface area contributed by atoms with Gasteiger partial charge in [0, 0.05) is 0 Å². The Morgan fingerprint density at radius 1 is 0.800 bits per heavy atom. The number of rotatable bonds is 10. The van der Waals surface area contributed by atoms with E-state index in [-0.39, 0.29) is 0 Å². The molecule has 0 amide bonds. The predicted octanol–water partition coefficient (Wildman–Crippen LogP) is 5.87. The Morgan fingerprint density at radius 3 is 1.73 bits per heavy atom. The van der Waals surface area contributed by atoms with E-state index in [0.717, 1.165) is 0 Å². The summed E-state index contributed by atoms with van der Waals surface area (Å²) in [5, 5.41) is 0. The highest BCUT2D eigenvalue weighted by molar-refractivity contribution is 4.94. The topological polar surface area (TPSA) is 0 Å². The molecule has 15 heavy (non-hydrogen) atoms. The molecule has 0 aliphatic rings. The first kappa shape index (κ1) is 14.7. The van der Waals surface area contributed by atoms with E-state index in [4.69, 9.17) is 0 Å². The Labute approximate surface area is 97.2 Å². The van der Waals surface area contributed by atoms with Crippen molar-refractivity contribution < 1.29 is 0 Å². The van der Waals surface area contributed by atoms with Crippen LogP contribution < -0.4 is 0 Å². The van der Waals surface area contributed by atoms with Crippen molar-refractivity contribution >= 4 is 0 Å². The average Bonchev–Trinajstić information content (AvgIpc) is 2.26. The van der Waals surface area contributed by atoms with E-state index in [9.17, 15) is 0 Å². The lowest BCUT2D eigenvalue weighted by atomic mass is 10.0. The maximum absolute atomic E-state index is 2.28. The second-order valence-corrected chi connectivity index (χ2v) is 4.71. The van der Waals surface area contributed by atoms with Gasteiger partial charge in [-0.25, -0.2) is 0 Å². The minimum atomic E-state index is 1.31. The minimum Gasteiger partial charge on any atom is -0.0887 e. The molecule has 0 spiro atoms. The molecule has 0 aromatic heterocycles. The van der Waals surface area contributed by atoms with Crippen LogP contribution in [0.15, 0.2) is 11.6 Å². The molecular weight excluding hydrogens is 180 g/mol. The molecule has 90 valence electrons. The van der Waals surface area contributed by atoms with E-state index >= 15 is 0 Å².